The minimum absolute atomic E-state index is 0.0726. The number of amides is 1. The first-order chi connectivity index (χ1) is 8.45. The number of carbonyl (C=O) groups is 1. The number of rotatable bonds is 5. The van der Waals surface area contributed by atoms with E-state index in [-0.39, 0.29) is 11.9 Å². The van der Waals surface area contributed by atoms with Crippen molar-refractivity contribution in [2.24, 2.45) is 0 Å². The van der Waals surface area contributed by atoms with Gasteiger partial charge in [-0.15, -0.1) is 6.58 Å². The summed E-state index contributed by atoms with van der Waals surface area (Å²) in [5.41, 5.74) is 0.847. The van der Waals surface area contributed by atoms with Gasteiger partial charge in [0.2, 0.25) is 5.91 Å². The van der Waals surface area contributed by atoms with E-state index >= 15 is 0 Å². The third-order valence-corrected chi connectivity index (χ3v) is 3.89. The maximum atomic E-state index is 11.7. The zero-order valence-electron chi connectivity index (χ0n) is 9.77. The van der Waals surface area contributed by atoms with E-state index in [1.54, 1.807) is 13.0 Å². The minimum Gasteiger partial charge on any atom is -0.372 e. The van der Waals surface area contributed by atoms with E-state index in [0.717, 1.165) is 19.1 Å². The number of halogens is 3. The van der Waals surface area contributed by atoms with E-state index in [2.05, 4.69) is 65.0 Å². The lowest BCUT2D eigenvalue weighted by Gasteiger charge is -2.17. The fourth-order valence-corrected chi connectivity index (χ4v) is 3.78. The largest absolute Gasteiger partial charge is 0.372 e. The molecule has 1 amide bonds. The Morgan fingerprint density at radius 2 is 1.94 bits per heavy atom. The molecule has 1 atom stereocenters. The number of hydrogen-bond acceptors (Lipinski definition) is 2. The molecule has 0 aliphatic heterocycles. The van der Waals surface area contributed by atoms with Crippen LogP contribution in [-0.2, 0) is 4.79 Å². The number of carbonyl (C=O) groups excluding carboxylic acids is 1. The Kier molecular flexibility index (Phi) is 6.38. The molecule has 0 saturated carbocycles. The molecular weight excluding hydrogens is 428 g/mol. The molecule has 18 heavy (non-hydrogen) atoms. The van der Waals surface area contributed by atoms with Crippen molar-refractivity contribution < 1.29 is 4.79 Å². The van der Waals surface area contributed by atoms with Crippen molar-refractivity contribution in [3.8, 4) is 0 Å². The summed E-state index contributed by atoms with van der Waals surface area (Å²) in [5.74, 6) is -0.0726. The first-order valence-electron chi connectivity index (χ1n) is 5.25. The maximum absolute atomic E-state index is 11.7. The Labute approximate surface area is 132 Å². The van der Waals surface area contributed by atoms with Crippen LogP contribution >= 0.6 is 47.8 Å². The number of nitrogens with one attached hydrogen (secondary N) is 2. The van der Waals surface area contributed by atoms with E-state index in [0.29, 0.717) is 6.54 Å². The zero-order valence-corrected chi connectivity index (χ0v) is 14.5. The van der Waals surface area contributed by atoms with Gasteiger partial charge in [-0.05, 0) is 50.9 Å². The summed E-state index contributed by atoms with van der Waals surface area (Å²) in [6.45, 7) is 5.83. The number of anilines is 1. The second-order valence-electron chi connectivity index (χ2n) is 3.64. The summed E-state index contributed by atoms with van der Waals surface area (Å²) in [6, 6.07) is 3.50. The third-order valence-electron chi connectivity index (χ3n) is 2.18. The molecule has 2 N–H and O–H groups in total. The van der Waals surface area contributed by atoms with E-state index in [1.807, 2.05) is 12.1 Å². The standard InChI is InChI=1S/C12H13Br3N2O/c1-3-4-16-12(18)7(2)17-11-9(14)5-8(13)6-10(11)15/h3,5-7,17H,1,4H2,2H3,(H,16,18). The van der Waals surface area contributed by atoms with Crippen LogP contribution in [0.3, 0.4) is 0 Å². The molecule has 0 bridgehead atoms. The molecular formula is C12H13Br3N2O. The average Bonchev–Trinajstić information content (AvgIpc) is 2.30. The first-order valence-corrected chi connectivity index (χ1v) is 7.63. The Hall–Kier alpha value is -0.330. The van der Waals surface area contributed by atoms with Crippen molar-refractivity contribution in [2.75, 3.05) is 11.9 Å². The first kappa shape index (κ1) is 15.7. The average molecular weight is 441 g/mol. The highest BCUT2D eigenvalue weighted by molar-refractivity contribution is 9.11. The van der Waals surface area contributed by atoms with Crippen LogP contribution in [0.1, 0.15) is 6.92 Å². The van der Waals surface area contributed by atoms with Gasteiger partial charge in [0, 0.05) is 20.0 Å². The topological polar surface area (TPSA) is 41.1 Å². The number of hydrogen-bond donors (Lipinski definition) is 2. The molecule has 98 valence electrons. The zero-order chi connectivity index (χ0) is 13.7. The second-order valence-corrected chi connectivity index (χ2v) is 6.27. The van der Waals surface area contributed by atoms with Crippen LogP contribution in [0.5, 0.6) is 0 Å². The van der Waals surface area contributed by atoms with Crippen LogP contribution < -0.4 is 10.6 Å². The molecule has 0 radical (unpaired) electrons. The van der Waals surface area contributed by atoms with Crippen molar-refractivity contribution in [3.05, 3.63) is 38.2 Å². The Morgan fingerprint density at radius 3 is 2.44 bits per heavy atom. The van der Waals surface area contributed by atoms with Gasteiger partial charge in [0.15, 0.2) is 0 Å². The van der Waals surface area contributed by atoms with Gasteiger partial charge in [-0.1, -0.05) is 22.0 Å². The summed E-state index contributed by atoms with van der Waals surface area (Å²) in [6.07, 6.45) is 1.65. The molecule has 3 nitrogen and oxygen atoms in total. The Balaban J connectivity index is 2.78. The molecule has 0 aliphatic rings. The van der Waals surface area contributed by atoms with Crippen LogP contribution in [0.25, 0.3) is 0 Å². The van der Waals surface area contributed by atoms with Crippen molar-refractivity contribution in [3.63, 3.8) is 0 Å². The summed E-state index contributed by atoms with van der Waals surface area (Å²) in [5, 5.41) is 5.90. The van der Waals surface area contributed by atoms with Gasteiger partial charge in [0.05, 0.1) is 5.69 Å². The van der Waals surface area contributed by atoms with Crippen molar-refractivity contribution in [1.29, 1.82) is 0 Å². The van der Waals surface area contributed by atoms with Crippen LogP contribution in [0, 0.1) is 0 Å². The molecule has 0 aromatic heterocycles. The maximum Gasteiger partial charge on any atom is 0.242 e. The van der Waals surface area contributed by atoms with Crippen LogP contribution in [0.4, 0.5) is 5.69 Å². The summed E-state index contributed by atoms with van der Waals surface area (Å²) in [4.78, 5) is 11.7. The Bertz CT molecular complexity index is 440. The van der Waals surface area contributed by atoms with Crippen molar-refractivity contribution in [1.82, 2.24) is 5.32 Å². The fourth-order valence-electron chi connectivity index (χ4n) is 1.29. The molecule has 0 spiro atoms. The molecule has 1 aromatic carbocycles. The van der Waals surface area contributed by atoms with Crippen molar-refractivity contribution in [2.45, 2.75) is 13.0 Å². The highest BCUT2D eigenvalue weighted by Crippen LogP contribution is 2.34. The number of benzene rings is 1. The highest BCUT2D eigenvalue weighted by Gasteiger charge is 2.15. The lowest BCUT2D eigenvalue weighted by atomic mass is 10.2. The van der Waals surface area contributed by atoms with E-state index < -0.39 is 0 Å². The molecule has 1 aromatic rings. The van der Waals surface area contributed by atoms with Crippen LogP contribution in [0.2, 0.25) is 0 Å². The van der Waals surface area contributed by atoms with Gasteiger partial charge in [0.25, 0.3) is 0 Å². The summed E-state index contributed by atoms with van der Waals surface area (Å²) in [7, 11) is 0. The molecule has 1 unspecified atom stereocenters. The normalized spacial score (nSPS) is 11.8. The highest BCUT2D eigenvalue weighted by atomic mass is 79.9. The molecule has 0 heterocycles. The molecule has 1 rings (SSSR count). The predicted molar refractivity (Wildman–Crippen MR) is 85.8 cm³/mol. The fraction of sp³-hybridized carbons (Fsp3) is 0.250. The van der Waals surface area contributed by atoms with Crippen LogP contribution in [0.15, 0.2) is 38.2 Å². The van der Waals surface area contributed by atoms with Gasteiger partial charge in [-0.2, -0.15) is 0 Å². The monoisotopic (exact) mass is 438 g/mol. The van der Waals surface area contributed by atoms with Gasteiger partial charge < -0.3 is 10.6 Å². The lowest BCUT2D eigenvalue weighted by Crippen LogP contribution is -2.37. The van der Waals surface area contributed by atoms with E-state index in [4.69, 9.17) is 0 Å². The lowest BCUT2D eigenvalue weighted by molar-refractivity contribution is -0.121. The van der Waals surface area contributed by atoms with E-state index in [1.165, 1.54) is 0 Å². The molecule has 6 heteroatoms. The van der Waals surface area contributed by atoms with Crippen LogP contribution in [-0.4, -0.2) is 18.5 Å². The van der Waals surface area contributed by atoms with Gasteiger partial charge in [0.1, 0.15) is 6.04 Å². The SMILES string of the molecule is C=CCNC(=O)C(C)Nc1c(Br)cc(Br)cc1Br. The van der Waals surface area contributed by atoms with E-state index in [9.17, 15) is 4.79 Å². The van der Waals surface area contributed by atoms with Gasteiger partial charge in [-0.25, -0.2) is 0 Å². The van der Waals surface area contributed by atoms with Gasteiger partial charge >= 0.3 is 0 Å². The van der Waals surface area contributed by atoms with Gasteiger partial charge in [-0.3, -0.25) is 4.79 Å². The second kappa shape index (κ2) is 7.31. The molecule has 0 fully saturated rings. The smallest absolute Gasteiger partial charge is 0.242 e. The molecule has 0 aliphatic carbocycles. The van der Waals surface area contributed by atoms with Crippen molar-refractivity contribution >= 4 is 59.4 Å². The minimum atomic E-state index is -0.335. The quantitative estimate of drug-likeness (QED) is 0.677. The third kappa shape index (κ3) is 4.40. The summed E-state index contributed by atoms with van der Waals surface area (Å²) >= 11 is 10.3. The predicted octanol–water partition coefficient (Wildman–Crippen LogP) is 4.08. The Morgan fingerprint density at radius 1 is 1.39 bits per heavy atom. The molecule has 0 saturated heterocycles. The summed E-state index contributed by atoms with van der Waals surface area (Å²) < 4.78 is 2.72.